The second-order valence-electron chi connectivity index (χ2n) is 1.98. The summed E-state index contributed by atoms with van der Waals surface area (Å²) >= 11 is 0.968. The van der Waals surface area contributed by atoms with E-state index in [1.54, 1.807) is 6.92 Å². The molecule has 0 saturated carbocycles. The van der Waals surface area contributed by atoms with Crippen LogP contribution in [-0.2, 0) is 9.59 Å². The molecule has 5 heteroatoms. The average Bonchev–Trinajstić information content (AvgIpc) is 1.99. The molecule has 0 aromatic heterocycles. The lowest BCUT2D eigenvalue weighted by molar-refractivity contribution is -0.137. The Bertz CT molecular complexity index is 160. The Hall–Kier alpha value is -0.550. The Balaban J connectivity index is 3.54. The molecule has 0 spiro atoms. The van der Waals surface area contributed by atoms with Gasteiger partial charge in [-0.05, 0) is 0 Å². The van der Waals surface area contributed by atoms with E-state index in [1.807, 2.05) is 0 Å². The molecule has 3 N–H and O–H groups in total. The number of carbonyl (C=O) groups is 2. The largest absolute Gasteiger partial charge is 0.480 e. The van der Waals surface area contributed by atoms with Crippen molar-refractivity contribution in [2.45, 2.75) is 19.4 Å². The van der Waals surface area contributed by atoms with E-state index in [9.17, 15) is 9.59 Å². The number of thioether (sulfide) groups is 1. The summed E-state index contributed by atoms with van der Waals surface area (Å²) in [5.74, 6) is -0.913. The number of carboxylic acid groups (broad SMARTS) is 1. The number of aliphatic carboxylic acids is 1. The first kappa shape index (κ1) is 10.4. The number of nitrogens with two attached hydrogens (primary N) is 1. The molecule has 0 aromatic rings. The Morgan fingerprint density at radius 2 is 2.18 bits per heavy atom. The van der Waals surface area contributed by atoms with Crippen molar-refractivity contribution in [3.05, 3.63) is 0 Å². The minimum atomic E-state index is -1.07. The molecule has 4 nitrogen and oxygen atoms in total. The molecule has 0 aliphatic heterocycles. The molecule has 0 rings (SSSR count). The standard InChI is InChI=1S/C6H11NO3S/c1-2-5(8)11-3-4(7)6(9)10/h4H,2-3,7H2,1H3,(H,9,10)/t4-/m0/s1. The van der Waals surface area contributed by atoms with Crippen molar-refractivity contribution in [2.75, 3.05) is 5.75 Å². The molecule has 0 radical (unpaired) electrons. The number of rotatable bonds is 4. The third kappa shape index (κ3) is 4.80. The lowest BCUT2D eigenvalue weighted by Crippen LogP contribution is -2.32. The highest BCUT2D eigenvalue weighted by Crippen LogP contribution is 2.05. The van der Waals surface area contributed by atoms with E-state index in [4.69, 9.17) is 10.8 Å². The number of hydrogen-bond donors (Lipinski definition) is 2. The fraction of sp³-hybridized carbons (Fsp3) is 0.667. The summed E-state index contributed by atoms with van der Waals surface area (Å²) < 4.78 is 0. The second kappa shape index (κ2) is 5.15. The van der Waals surface area contributed by atoms with Gasteiger partial charge in [-0.2, -0.15) is 0 Å². The maximum absolute atomic E-state index is 10.7. The average molecular weight is 177 g/mol. The van der Waals surface area contributed by atoms with Crippen LogP contribution in [0.4, 0.5) is 0 Å². The third-order valence-electron chi connectivity index (χ3n) is 1.03. The third-order valence-corrected chi connectivity index (χ3v) is 2.17. The van der Waals surface area contributed by atoms with Crippen LogP contribution in [0.2, 0.25) is 0 Å². The first-order valence-electron chi connectivity index (χ1n) is 3.22. The fourth-order valence-electron chi connectivity index (χ4n) is 0.356. The molecular formula is C6H11NO3S. The zero-order chi connectivity index (χ0) is 8.85. The van der Waals surface area contributed by atoms with Crippen LogP contribution in [-0.4, -0.2) is 28.0 Å². The van der Waals surface area contributed by atoms with Gasteiger partial charge in [0.2, 0.25) is 0 Å². The van der Waals surface area contributed by atoms with E-state index >= 15 is 0 Å². The van der Waals surface area contributed by atoms with Crippen LogP contribution in [0, 0.1) is 0 Å². The molecule has 0 amide bonds. The lowest BCUT2D eigenvalue weighted by Gasteiger charge is -2.02. The molecular weight excluding hydrogens is 166 g/mol. The molecule has 0 heterocycles. The molecule has 11 heavy (non-hydrogen) atoms. The van der Waals surface area contributed by atoms with Crippen molar-refractivity contribution in [2.24, 2.45) is 5.73 Å². The van der Waals surface area contributed by atoms with Crippen molar-refractivity contribution in [3.63, 3.8) is 0 Å². The van der Waals surface area contributed by atoms with Gasteiger partial charge < -0.3 is 10.8 Å². The maximum atomic E-state index is 10.7. The summed E-state index contributed by atoms with van der Waals surface area (Å²) in [5, 5.41) is 8.29. The van der Waals surface area contributed by atoms with Crippen LogP contribution in [0.25, 0.3) is 0 Å². The topological polar surface area (TPSA) is 80.4 Å². The van der Waals surface area contributed by atoms with Gasteiger partial charge in [0, 0.05) is 12.2 Å². The van der Waals surface area contributed by atoms with Crippen LogP contribution in [0.5, 0.6) is 0 Å². The number of carbonyl (C=O) groups excluding carboxylic acids is 1. The van der Waals surface area contributed by atoms with Crippen molar-refractivity contribution >= 4 is 22.8 Å². The normalized spacial score (nSPS) is 12.5. The van der Waals surface area contributed by atoms with Crippen LogP contribution >= 0.6 is 11.8 Å². The summed E-state index contributed by atoms with van der Waals surface area (Å²) in [6.07, 6.45) is 0.414. The Labute approximate surface area is 69.1 Å². The summed E-state index contributed by atoms with van der Waals surface area (Å²) in [6, 6.07) is -0.935. The SMILES string of the molecule is CCC(=O)SC[C@H](N)C(=O)O. The minimum absolute atomic E-state index is 0.0262. The van der Waals surface area contributed by atoms with E-state index in [-0.39, 0.29) is 10.9 Å². The van der Waals surface area contributed by atoms with Crippen LogP contribution in [0.15, 0.2) is 0 Å². The lowest BCUT2D eigenvalue weighted by atomic mass is 10.4. The summed E-state index contributed by atoms with van der Waals surface area (Å²) in [7, 11) is 0. The van der Waals surface area contributed by atoms with Gasteiger partial charge in [-0.25, -0.2) is 0 Å². The molecule has 1 atom stereocenters. The van der Waals surface area contributed by atoms with Crippen LogP contribution in [0.1, 0.15) is 13.3 Å². The molecule has 0 aromatic carbocycles. The maximum Gasteiger partial charge on any atom is 0.321 e. The number of hydrogen-bond acceptors (Lipinski definition) is 4. The Kier molecular flexibility index (Phi) is 4.89. The van der Waals surface area contributed by atoms with Gasteiger partial charge >= 0.3 is 5.97 Å². The summed E-state index contributed by atoms with van der Waals surface area (Å²) in [4.78, 5) is 20.8. The fourth-order valence-corrected chi connectivity index (χ4v) is 1.07. The zero-order valence-corrected chi connectivity index (χ0v) is 7.06. The number of carboxylic acids is 1. The van der Waals surface area contributed by atoms with E-state index in [0.717, 1.165) is 11.8 Å². The van der Waals surface area contributed by atoms with Crippen LogP contribution < -0.4 is 5.73 Å². The van der Waals surface area contributed by atoms with Crippen molar-refractivity contribution < 1.29 is 14.7 Å². The summed E-state index contributed by atoms with van der Waals surface area (Å²) in [6.45, 7) is 1.72. The first-order valence-corrected chi connectivity index (χ1v) is 4.20. The van der Waals surface area contributed by atoms with Gasteiger partial charge in [0.05, 0.1) is 0 Å². The zero-order valence-electron chi connectivity index (χ0n) is 6.24. The van der Waals surface area contributed by atoms with Gasteiger partial charge in [-0.3, -0.25) is 9.59 Å². The monoisotopic (exact) mass is 177 g/mol. The van der Waals surface area contributed by atoms with Crippen molar-refractivity contribution in [3.8, 4) is 0 Å². The predicted octanol–water partition coefficient (Wildman–Crippen LogP) is 0.0681. The van der Waals surface area contributed by atoms with Gasteiger partial charge in [-0.1, -0.05) is 18.7 Å². The molecule has 0 fully saturated rings. The Morgan fingerprint density at radius 3 is 2.55 bits per heavy atom. The highest BCUT2D eigenvalue weighted by atomic mass is 32.2. The van der Waals surface area contributed by atoms with E-state index < -0.39 is 12.0 Å². The Morgan fingerprint density at radius 1 is 1.64 bits per heavy atom. The van der Waals surface area contributed by atoms with Crippen molar-refractivity contribution in [1.29, 1.82) is 0 Å². The van der Waals surface area contributed by atoms with Gasteiger partial charge in [-0.15, -0.1) is 0 Å². The molecule has 0 aliphatic rings. The highest BCUT2D eigenvalue weighted by molar-refractivity contribution is 8.13. The quantitative estimate of drug-likeness (QED) is 0.635. The molecule has 0 bridgehead atoms. The molecule has 0 unspecified atom stereocenters. The van der Waals surface area contributed by atoms with Crippen molar-refractivity contribution in [1.82, 2.24) is 0 Å². The minimum Gasteiger partial charge on any atom is -0.480 e. The van der Waals surface area contributed by atoms with Gasteiger partial charge in [0.1, 0.15) is 6.04 Å². The van der Waals surface area contributed by atoms with E-state index in [1.165, 1.54) is 0 Å². The highest BCUT2D eigenvalue weighted by Gasteiger charge is 2.12. The van der Waals surface area contributed by atoms with Crippen LogP contribution in [0.3, 0.4) is 0 Å². The predicted molar refractivity (Wildman–Crippen MR) is 43.4 cm³/mol. The second-order valence-corrected chi connectivity index (χ2v) is 3.06. The van der Waals surface area contributed by atoms with Gasteiger partial charge in [0.25, 0.3) is 0 Å². The van der Waals surface area contributed by atoms with E-state index in [2.05, 4.69) is 0 Å². The first-order chi connectivity index (χ1) is 5.07. The van der Waals surface area contributed by atoms with Gasteiger partial charge in [0.15, 0.2) is 5.12 Å². The molecule has 0 saturated heterocycles. The van der Waals surface area contributed by atoms with E-state index in [0.29, 0.717) is 6.42 Å². The molecule has 64 valence electrons. The summed E-state index contributed by atoms with van der Waals surface area (Å²) in [5.41, 5.74) is 5.15. The molecule has 0 aliphatic carbocycles. The smallest absolute Gasteiger partial charge is 0.321 e.